The van der Waals surface area contributed by atoms with E-state index in [1.807, 2.05) is 72.8 Å². The van der Waals surface area contributed by atoms with Gasteiger partial charge in [0.15, 0.2) is 6.29 Å². The van der Waals surface area contributed by atoms with Crippen LogP contribution in [0, 0.1) is 12.8 Å². The summed E-state index contributed by atoms with van der Waals surface area (Å²) in [6.07, 6.45) is 2.18. The zero-order valence-electron chi connectivity index (χ0n) is 20.4. The van der Waals surface area contributed by atoms with Gasteiger partial charge in [-0.05, 0) is 67.4 Å². The molecule has 1 N–H and O–H groups in total. The smallest absolute Gasteiger partial charge is 0.150 e. The van der Waals surface area contributed by atoms with Crippen LogP contribution >= 0.6 is 24.0 Å². The highest BCUT2D eigenvalue weighted by Gasteiger charge is 2.16. The van der Waals surface area contributed by atoms with Gasteiger partial charge in [-0.15, -0.1) is 12.4 Å². The minimum absolute atomic E-state index is 0. The number of carbonyl (C=O) groups is 1. The summed E-state index contributed by atoms with van der Waals surface area (Å²) < 4.78 is 0. The summed E-state index contributed by atoms with van der Waals surface area (Å²) in [5.41, 5.74) is 3.32. The van der Waals surface area contributed by atoms with Crippen molar-refractivity contribution in [2.75, 3.05) is 31.6 Å². The van der Waals surface area contributed by atoms with Gasteiger partial charge >= 0.3 is 0 Å². The molecule has 0 aliphatic carbocycles. The van der Waals surface area contributed by atoms with E-state index in [9.17, 15) is 4.79 Å². The summed E-state index contributed by atoms with van der Waals surface area (Å²) in [6.45, 7) is 5.52. The van der Waals surface area contributed by atoms with Gasteiger partial charge in [-0.1, -0.05) is 90.0 Å². The van der Waals surface area contributed by atoms with Crippen LogP contribution in [-0.4, -0.2) is 33.0 Å². The molecule has 0 radical (unpaired) electrons. The Morgan fingerprint density at radius 2 is 1.57 bits per heavy atom. The van der Waals surface area contributed by atoms with Gasteiger partial charge in [0.2, 0.25) is 0 Å². The van der Waals surface area contributed by atoms with Crippen LogP contribution < -0.4 is 10.2 Å². The maximum atomic E-state index is 10.6. The molecule has 5 heteroatoms. The van der Waals surface area contributed by atoms with Crippen LogP contribution in [0.3, 0.4) is 0 Å². The molecule has 0 aromatic heterocycles. The molecule has 1 fully saturated rings. The SMILES string of the molecule is CN(CC1CCNC1)c1ccc(Cl)cc1.Cc1ccccc1.Cl.O=Cc1cccc2ccccc12. The number of halogens is 2. The highest BCUT2D eigenvalue weighted by Crippen LogP contribution is 2.19. The van der Waals surface area contributed by atoms with Crippen LogP contribution in [0.5, 0.6) is 0 Å². The molecule has 184 valence electrons. The van der Waals surface area contributed by atoms with Gasteiger partial charge in [-0.3, -0.25) is 4.79 Å². The van der Waals surface area contributed by atoms with Crippen molar-refractivity contribution in [1.82, 2.24) is 5.32 Å². The standard InChI is InChI=1S/C12H17ClN2.C11H8O.C7H8.ClH/c1-15(9-10-6-7-14-8-10)12-4-2-11(13)3-5-12;12-8-10-6-3-5-9-4-1-2-7-11(9)10;1-7-5-3-2-4-6-7;/h2-5,10,14H,6-9H2,1H3;1-8H;2-6H,1H3;1H. The maximum Gasteiger partial charge on any atom is 0.150 e. The quantitative estimate of drug-likeness (QED) is 0.290. The number of anilines is 1. The predicted molar refractivity (Wildman–Crippen MR) is 153 cm³/mol. The number of aldehydes is 1. The molecule has 0 bridgehead atoms. The molecule has 1 unspecified atom stereocenters. The van der Waals surface area contributed by atoms with Crippen LogP contribution in [0.25, 0.3) is 10.8 Å². The highest BCUT2D eigenvalue weighted by atomic mass is 35.5. The van der Waals surface area contributed by atoms with E-state index in [4.69, 9.17) is 11.6 Å². The number of aryl methyl sites for hydroxylation is 1. The molecule has 0 spiro atoms. The van der Waals surface area contributed by atoms with Crippen molar-refractivity contribution < 1.29 is 4.79 Å². The highest BCUT2D eigenvalue weighted by molar-refractivity contribution is 6.30. The Labute approximate surface area is 220 Å². The average molecular weight is 510 g/mol. The molecule has 1 heterocycles. The fraction of sp³-hybridized carbons (Fsp3) is 0.233. The number of rotatable bonds is 4. The Balaban J connectivity index is 0.000000194. The van der Waals surface area contributed by atoms with Crippen LogP contribution in [0.2, 0.25) is 5.02 Å². The summed E-state index contributed by atoms with van der Waals surface area (Å²) in [5.74, 6) is 0.783. The van der Waals surface area contributed by atoms with Gasteiger partial charge < -0.3 is 10.2 Å². The summed E-state index contributed by atoms with van der Waals surface area (Å²) in [7, 11) is 2.14. The Morgan fingerprint density at radius 1 is 0.914 bits per heavy atom. The molecular formula is C30H34Cl2N2O. The van der Waals surface area contributed by atoms with Crippen molar-refractivity contribution in [3.05, 3.63) is 113 Å². The summed E-state index contributed by atoms with van der Waals surface area (Å²) >= 11 is 5.86. The Morgan fingerprint density at radius 3 is 2.17 bits per heavy atom. The third-order valence-electron chi connectivity index (χ3n) is 5.85. The Kier molecular flexibility index (Phi) is 12.3. The zero-order valence-corrected chi connectivity index (χ0v) is 21.9. The zero-order chi connectivity index (χ0) is 24.2. The lowest BCUT2D eigenvalue weighted by Gasteiger charge is -2.22. The fourth-order valence-electron chi connectivity index (χ4n) is 3.95. The lowest BCUT2D eigenvalue weighted by Crippen LogP contribution is -2.26. The minimum Gasteiger partial charge on any atom is -0.374 e. The van der Waals surface area contributed by atoms with E-state index in [1.54, 1.807) is 0 Å². The van der Waals surface area contributed by atoms with E-state index in [0.29, 0.717) is 0 Å². The first-order valence-corrected chi connectivity index (χ1v) is 12.1. The molecule has 1 aliphatic heterocycles. The molecule has 0 saturated carbocycles. The van der Waals surface area contributed by atoms with Gasteiger partial charge in [-0.25, -0.2) is 0 Å². The Bertz CT molecular complexity index is 1140. The average Bonchev–Trinajstić information content (AvgIpc) is 3.38. The topological polar surface area (TPSA) is 32.3 Å². The lowest BCUT2D eigenvalue weighted by molar-refractivity contribution is 0.112. The number of hydrogen-bond acceptors (Lipinski definition) is 3. The molecular weight excluding hydrogens is 475 g/mol. The summed E-state index contributed by atoms with van der Waals surface area (Å²) in [6, 6.07) is 31.9. The lowest BCUT2D eigenvalue weighted by atomic mass is 10.1. The van der Waals surface area contributed by atoms with Crippen molar-refractivity contribution in [2.45, 2.75) is 13.3 Å². The van der Waals surface area contributed by atoms with Gasteiger partial charge in [0.1, 0.15) is 0 Å². The number of benzene rings is 4. The second-order valence-electron chi connectivity index (χ2n) is 8.56. The number of carbonyl (C=O) groups excluding carboxylic acids is 1. The number of nitrogens with one attached hydrogen (secondary N) is 1. The van der Waals surface area contributed by atoms with Crippen molar-refractivity contribution >= 4 is 46.8 Å². The second-order valence-corrected chi connectivity index (χ2v) is 8.99. The fourth-order valence-corrected chi connectivity index (χ4v) is 4.07. The number of hydrogen-bond donors (Lipinski definition) is 1. The third kappa shape index (κ3) is 9.37. The predicted octanol–water partition coefficient (Wildman–Crippen LogP) is 7.45. The molecule has 1 saturated heterocycles. The van der Waals surface area contributed by atoms with Gasteiger partial charge in [0, 0.05) is 29.9 Å². The minimum atomic E-state index is 0. The van der Waals surface area contributed by atoms with Crippen LogP contribution in [-0.2, 0) is 0 Å². The van der Waals surface area contributed by atoms with Crippen molar-refractivity contribution in [1.29, 1.82) is 0 Å². The van der Waals surface area contributed by atoms with Crippen LogP contribution in [0.4, 0.5) is 5.69 Å². The maximum absolute atomic E-state index is 10.6. The van der Waals surface area contributed by atoms with Crippen molar-refractivity contribution in [3.8, 4) is 0 Å². The van der Waals surface area contributed by atoms with E-state index < -0.39 is 0 Å². The molecule has 3 nitrogen and oxygen atoms in total. The van der Waals surface area contributed by atoms with E-state index >= 15 is 0 Å². The first-order valence-electron chi connectivity index (χ1n) is 11.7. The van der Waals surface area contributed by atoms with E-state index in [0.717, 1.165) is 46.7 Å². The normalized spacial score (nSPS) is 14.0. The van der Waals surface area contributed by atoms with E-state index in [1.165, 1.54) is 24.2 Å². The van der Waals surface area contributed by atoms with Gasteiger partial charge in [0.25, 0.3) is 0 Å². The molecule has 4 aromatic carbocycles. The summed E-state index contributed by atoms with van der Waals surface area (Å²) in [5, 5.41) is 6.33. The van der Waals surface area contributed by atoms with Gasteiger partial charge in [-0.2, -0.15) is 0 Å². The van der Waals surface area contributed by atoms with Crippen LogP contribution in [0.1, 0.15) is 22.3 Å². The largest absolute Gasteiger partial charge is 0.374 e. The number of nitrogens with zero attached hydrogens (tertiary/aromatic N) is 1. The first kappa shape index (κ1) is 28.4. The first-order chi connectivity index (χ1) is 16.6. The summed E-state index contributed by atoms with van der Waals surface area (Å²) in [4.78, 5) is 12.9. The second kappa shape index (κ2) is 15.2. The molecule has 1 aliphatic rings. The molecule has 0 amide bonds. The molecule has 5 rings (SSSR count). The molecule has 4 aromatic rings. The molecule has 35 heavy (non-hydrogen) atoms. The Hall–Kier alpha value is -2.85. The third-order valence-corrected chi connectivity index (χ3v) is 6.10. The monoisotopic (exact) mass is 508 g/mol. The van der Waals surface area contributed by atoms with E-state index in [-0.39, 0.29) is 12.4 Å². The van der Waals surface area contributed by atoms with Gasteiger partial charge in [0.05, 0.1) is 0 Å². The molecule has 1 atom stereocenters. The van der Waals surface area contributed by atoms with Crippen molar-refractivity contribution in [3.63, 3.8) is 0 Å². The van der Waals surface area contributed by atoms with Crippen LogP contribution in [0.15, 0.2) is 97.1 Å². The van der Waals surface area contributed by atoms with E-state index in [2.05, 4.69) is 48.5 Å². The number of fused-ring (bicyclic) bond motifs is 1. The van der Waals surface area contributed by atoms with Crippen molar-refractivity contribution in [2.24, 2.45) is 5.92 Å².